The number of imidazole rings is 1. The Morgan fingerprint density at radius 1 is 1.43 bits per heavy atom. The second-order valence-corrected chi connectivity index (χ2v) is 6.04. The van der Waals surface area contributed by atoms with Crippen LogP contribution in [0.25, 0.3) is 4.96 Å². The van der Waals surface area contributed by atoms with Crippen LogP contribution < -0.4 is 10.1 Å². The SMILES string of the molecule is CNCc1c(Oc2cc(Br)cc(F)c2F)nc2sccn12. The van der Waals surface area contributed by atoms with Crippen LogP contribution in [0.5, 0.6) is 11.6 Å². The first-order valence-electron chi connectivity index (χ1n) is 6.01. The van der Waals surface area contributed by atoms with Gasteiger partial charge in [0.05, 0.1) is 0 Å². The Balaban J connectivity index is 2.05. The molecule has 8 heteroatoms. The van der Waals surface area contributed by atoms with Crippen molar-refractivity contribution in [3.63, 3.8) is 0 Å². The third-order valence-electron chi connectivity index (χ3n) is 2.83. The normalized spacial score (nSPS) is 11.2. The van der Waals surface area contributed by atoms with Gasteiger partial charge in [0.2, 0.25) is 11.7 Å². The number of nitrogens with zero attached hydrogens (tertiary/aromatic N) is 2. The molecular weight excluding hydrogens is 364 g/mol. The van der Waals surface area contributed by atoms with Crippen LogP contribution in [0.4, 0.5) is 8.78 Å². The fraction of sp³-hybridized carbons (Fsp3) is 0.154. The topological polar surface area (TPSA) is 38.6 Å². The highest BCUT2D eigenvalue weighted by Crippen LogP contribution is 2.32. The standard InChI is InChI=1S/C13H10BrF2N3OS/c1-17-6-9-12(18-13-19(9)2-3-21-13)20-10-5-7(14)4-8(15)11(10)16/h2-5,17H,6H2,1H3. The smallest absolute Gasteiger partial charge is 0.243 e. The van der Waals surface area contributed by atoms with E-state index in [1.165, 1.54) is 17.4 Å². The molecule has 0 aliphatic carbocycles. The lowest BCUT2D eigenvalue weighted by Crippen LogP contribution is -2.08. The molecule has 110 valence electrons. The maximum absolute atomic E-state index is 13.8. The second kappa shape index (κ2) is 5.70. The van der Waals surface area contributed by atoms with Gasteiger partial charge in [0.1, 0.15) is 5.69 Å². The molecule has 1 N–H and O–H groups in total. The van der Waals surface area contributed by atoms with Gasteiger partial charge in [0.25, 0.3) is 0 Å². The van der Waals surface area contributed by atoms with Gasteiger partial charge < -0.3 is 10.1 Å². The van der Waals surface area contributed by atoms with E-state index in [0.29, 0.717) is 11.0 Å². The summed E-state index contributed by atoms with van der Waals surface area (Å²) >= 11 is 4.55. The van der Waals surface area contributed by atoms with Crippen LogP contribution in [0.15, 0.2) is 28.2 Å². The third-order valence-corrected chi connectivity index (χ3v) is 4.05. The van der Waals surface area contributed by atoms with Crippen LogP contribution in [-0.2, 0) is 6.54 Å². The van der Waals surface area contributed by atoms with Crippen molar-refractivity contribution in [2.45, 2.75) is 6.54 Å². The van der Waals surface area contributed by atoms with E-state index in [1.54, 1.807) is 7.05 Å². The Hall–Kier alpha value is -1.51. The maximum atomic E-state index is 13.8. The van der Waals surface area contributed by atoms with Crippen LogP contribution in [0.2, 0.25) is 0 Å². The molecule has 3 aromatic rings. The zero-order valence-corrected chi connectivity index (χ0v) is 13.3. The summed E-state index contributed by atoms with van der Waals surface area (Å²) in [5.41, 5.74) is 0.744. The van der Waals surface area contributed by atoms with Gasteiger partial charge >= 0.3 is 0 Å². The number of aromatic nitrogens is 2. The quantitative estimate of drug-likeness (QED) is 0.703. The van der Waals surface area contributed by atoms with Crippen LogP contribution in [0.3, 0.4) is 0 Å². The summed E-state index contributed by atoms with van der Waals surface area (Å²) in [6, 6.07) is 2.41. The summed E-state index contributed by atoms with van der Waals surface area (Å²) in [5.74, 6) is -1.96. The highest BCUT2D eigenvalue weighted by molar-refractivity contribution is 9.10. The predicted molar refractivity (Wildman–Crippen MR) is 80.0 cm³/mol. The number of hydrogen-bond donors (Lipinski definition) is 1. The molecule has 0 aliphatic heterocycles. The average Bonchev–Trinajstić information content (AvgIpc) is 2.99. The van der Waals surface area contributed by atoms with Crippen LogP contribution in [0.1, 0.15) is 5.69 Å². The third kappa shape index (κ3) is 2.66. The van der Waals surface area contributed by atoms with E-state index in [9.17, 15) is 8.78 Å². The van der Waals surface area contributed by atoms with Crippen molar-refractivity contribution in [3.8, 4) is 11.6 Å². The summed E-state index contributed by atoms with van der Waals surface area (Å²) in [6.07, 6.45) is 1.85. The molecule has 2 heterocycles. The first-order chi connectivity index (χ1) is 10.1. The number of halogens is 3. The number of rotatable bonds is 4. The van der Waals surface area contributed by atoms with Crippen molar-refractivity contribution in [3.05, 3.63) is 45.5 Å². The minimum Gasteiger partial charge on any atom is -0.434 e. The van der Waals surface area contributed by atoms with E-state index in [4.69, 9.17) is 4.74 Å². The van der Waals surface area contributed by atoms with Crippen LogP contribution >= 0.6 is 27.3 Å². The maximum Gasteiger partial charge on any atom is 0.243 e. The predicted octanol–water partition coefficient (Wildman–Crippen LogP) is 3.95. The molecule has 1 aromatic carbocycles. The lowest BCUT2D eigenvalue weighted by Gasteiger charge is -2.08. The largest absolute Gasteiger partial charge is 0.434 e. The summed E-state index contributed by atoms with van der Waals surface area (Å²) < 4.78 is 34.9. The number of ether oxygens (including phenoxy) is 1. The van der Waals surface area contributed by atoms with Gasteiger partial charge in [-0.05, 0) is 19.2 Å². The monoisotopic (exact) mass is 373 g/mol. The van der Waals surface area contributed by atoms with Crippen molar-refractivity contribution >= 4 is 32.2 Å². The van der Waals surface area contributed by atoms with Crippen LogP contribution in [0, 0.1) is 11.6 Å². The molecule has 0 spiro atoms. The van der Waals surface area contributed by atoms with E-state index in [1.807, 2.05) is 16.0 Å². The zero-order chi connectivity index (χ0) is 15.0. The van der Waals surface area contributed by atoms with Gasteiger partial charge in [-0.1, -0.05) is 15.9 Å². The Kier molecular flexibility index (Phi) is 3.92. The van der Waals surface area contributed by atoms with E-state index < -0.39 is 11.6 Å². The number of thiazole rings is 1. The minimum atomic E-state index is -1.04. The van der Waals surface area contributed by atoms with Crippen molar-refractivity contribution in [2.75, 3.05) is 7.05 Å². The van der Waals surface area contributed by atoms with Gasteiger partial charge in [-0.15, -0.1) is 11.3 Å². The zero-order valence-electron chi connectivity index (χ0n) is 10.9. The highest BCUT2D eigenvalue weighted by atomic mass is 79.9. The molecule has 0 radical (unpaired) electrons. The fourth-order valence-electron chi connectivity index (χ4n) is 1.93. The highest BCUT2D eigenvalue weighted by Gasteiger charge is 2.18. The minimum absolute atomic E-state index is 0.204. The summed E-state index contributed by atoms with van der Waals surface area (Å²) in [4.78, 5) is 5.03. The molecule has 0 fully saturated rings. The Morgan fingerprint density at radius 3 is 3.00 bits per heavy atom. The fourth-order valence-corrected chi connectivity index (χ4v) is 3.07. The van der Waals surface area contributed by atoms with Gasteiger partial charge in [-0.3, -0.25) is 4.40 Å². The molecule has 4 nitrogen and oxygen atoms in total. The first-order valence-corrected chi connectivity index (χ1v) is 7.69. The number of benzene rings is 1. The average molecular weight is 374 g/mol. The van der Waals surface area contributed by atoms with Gasteiger partial charge in [0.15, 0.2) is 16.5 Å². The molecule has 0 aliphatic rings. The first kappa shape index (κ1) is 14.4. The molecular formula is C13H10BrF2N3OS. The van der Waals surface area contributed by atoms with Gasteiger partial charge in [-0.25, -0.2) is 4.39 Å². The van der Waals surface area contributed by atoms with Crippen molar-refractivity contribution in [2.24, 2.45) is 0 Å². The van der Waals surface area contributed by atoms with Crippen molar-refractivity contribution < 1.29 is 13.5 Å². The lowest BCUT2D eigenvalue weighted by molar-refractivity contribution is 0.402. The van der Waals surface area contributed by atoms with E-state index >= 15 is 0 Å². The lowest BCUT2D eigenvalue weighted by atomic mass is 10.3. The van der Waals surface area contributed by atoms with Gasteiger partial charge in [-0.2, -0.15) is 9.37 Å². The number of hydrogen-bond acceptors (Lipinski definition) is 4. The molecule has 2 aromatic heterocycles. The summed E-state index contributed by atoms with van der Waals surface area (Å²) in [7, 11) is 1.79. The summed E-state index contributed by atoms with van der Waals surface area (Å²) in [6.45, 7) is 0.491. The molecule has 0 amide bonds. The number of fused-ring (bicyclic) bond motifs is 1. The van der Waals surface area contributed by atoms with Crippen molar-refractivity contribution in [1.29, 1.82) is 0 Å². The second-order valence-electron chi connectivity index (χ2n) is 4.25. The molecule has 0 atom stereocenters. The molecule has 21 heavy (non-hydrogen) atoms. The van der Waals surface area contributed by atoms with E-state index in [0.717, 1.165) is 16.7 Å². The Bertz CT molecular complexity index is 802. The van der Waals surface area contributed by atoms with Crippen LogP contribution in [-0.4, -0.2) is 16.4 Å². The molecule has 3 rings (SSSR count). The molecule has 0 saturated heterocycles. The Morgan fingerprint density at radius 2 is 2.24 bits per heavy atom. The molecule has 0 saturated carbocycles. The summed E-state index contributed by atoms with van der Waals surface area (Å²) in [5, 5.41) is 4.90. The van der Waals surface area contributed by atoms with Crippen molar-refractivity contribution in [1.82, 2.24) is 14.7 Å². The molecule has 0 unspecified atom stereocenters. The van der Waals surface area contributed by atoms with E-state index in [-0.39, 0.29) is 11.6 Å². The van der Waals surface area contributed by atoms with Gasteiger partial charge in [0, 0.05) is 22.6 Å². The van der Waals surface area contributed by atoms with E-state index in [2.05, 4.69) is 26.2 Å². The Labute approximate surface area is 131 Å². The molecule has 0 bridgehead atoms. The number of nitrogens with one attached hydrogen (secondary N) is 1.